The number of amidine groups is 1. The van der Waals surface area contributed by atoms with Crippen LogP contribution in [0.4, 0.5) is 5.69 Å². The van der Waals surface area contributed by atoms with E-state index in [1.54, 1.807) is 12.1 Å². The SMILES string of the molecule is CCCCCOc1cccc(NC(=O)c2ccc3cc(C(=N)N)ccc3c2)c1. The Morgan fingerprint density at radius 1 is 1.00 bits per heavy atom. The van der Waals surface area contributed by atoms with Crippen LogP contribution in [0.5, 0.6) is 5.75 Å². The van der Waals surface area contributed by atoms with Crippen molar-refractivity contribution in [2.45, 2.75) is 26.2 Å². The molecule has 3 rings (SSSR count). The second-order valence-corrected chi connectivity index (χ2v) is 6.73. The zero-order valence-corrected chi connectivity index (χ0v) is 16.0. The van der Waals surface area contributed by atoms with Gasteiger partial charge in [-0.25, -0.2) is 0 Å². The first-order valence-electron chi connectivity index (χ1n) is 9.49. The Kier molecular flexibility index (Phi) is 6.27. The van der Waals surface area contributed by atoms with Crippen molar-refractivity contribution in [3.63, 3.8) is 0 Å². The number of rotatable bonds is 8. The van der Waals surface area contributed by atoms with Gasteiger partial charge in [0.2, 0.25) is 0 Å². The number of unbranched alkanes of at least 4 members (excludes halogenated alkanes) is 2. The van der Waals surface area contributed by atoms with Gasteiger partial charge in [-0.3, -0.25) is 10.2 Å². The van der Waals surface area contributed by atoms with Crippen molar-refractivity contribution in [1.29, 1.82) is 5.41 Å². The summed E-state index contributed by atoms with van der Waals surface area (Å²) in [5, 5.41) is 12.3. The van der Waals surface area contributed by atoms with Gasteiger partial charge in [-0.1, -0.05) is 44.0 Å². The van der Waals surface area contributed by atoms with Crippen LogP contribution in [0.2, 0.25) is 0 Å². The minimum absolute atomic E-state index is 0.0283. The highest BCUT2D eigenvalue weighted by Gasteiger charge is 2.08. The van der Waals surface area contributed by atoms with Crippen molar-refractivity contribution in [2.24, 2.45) is 5.73 Å². The highest BCUT2D eigenvalue weighted by molar-refractivity contribution is 6.07. The molecule has 0 unspecified atom stereocenters. The van der Waals surface area contributed by atoms with Gasteiger partial charge in [0, 0.05) is 22.9 Å². The smallest absolute Gasteiger partial charge is 0.255 e. The second-order valence-electron chi connectivity index (χ2n) is 6.73. The predicted molar refractivity (Wildman–Crippen MR) is 114 cm³/mol. The van der Waals surface area contributed by atoms with E-state index in [0.717, 1.165) is 35.8 Å². The lowest BCUT2D eigenvalue weighted by Crippen LogP contribution is -2.12. The first-order chi connectivity index (χ1) is 13.6. The van der Waals surface area contributed by atoms with Gasteiger partial charge in [0.1, 0.15) is 11.6 Å². The monoisotopic (exact) mass is 375 g/mol. The lowest BCUT2D eigenvalue weighted by molar-refractivity contribution is 0.102. The minimum Gasteiger partial charge on any atom is -0.494 e. The van der Waals surface area contributed by atoms with Crippen molar-refractivity contribution >= 4 is 28.2 Å². The number of nitrogens with one attached hydrogen (secondary N) is 2. The molecule has 0 radical (unpaired) electrons. The van der Waals surface area contributed by atoms with Crippen LogP contribution >= 0.6 is 0 Å². The molecule has 0 heterocycles. The Labute approximate surface area is 165 Å². The number of nitrogens with two attached hydrogens (primary N) is 1. The fourth-order valence-electron chi connectivity index (χ4n) is 2.96. The molecular formula is C23H25N3O2. The first-order valence-corrected chi connectivity index (χ1v) is 9.49. The van der Waals surface area contributed by atoms with Crippen LogP contribution in [-0.2, 0) is 0 Å². The van der Waals surface area contributed by atoms with Crippen molar-refractivity contribution in [3.05, 3.63) is 71.8 Å². The summed E-state index contributed by atoms with van der Waals surface area (Å²) in [7, 11) is 0. The van der Waals surface area contributed by atoms with E-state index in [2.05, 4.69) is 12.2 Å². The Bertz CT molecular complexity index is 998. The third-order valence-corrected chi connectivity index (χ3v) is 4.52. The number of nitrogen functional groups attached to an aromatic ring is 1. The van der Waals surface area contributed by atoms with Crippen molar-refractivity contribution in [1.82, 2.24) is 0 Å². The Hall–Kier alpha value is -3.34. The van der Waals surface area contributed by atoms with Crippen molar-refractivity contribution in [3.8, 4) is 5.75 Å². The lowest BCUT2D eigenvalue weighted by atomic mass is 10.0. The first kappa shape index (κ1) is 19.4. The maximum atomic E-state index is 12.6. The number of ether oxygens (including phenoxy) is 1. The summed E-state index contributed by atoms with van der Waals surface area (Å²) in [6.45, 7) is 2.84. The number of amides is 1. The number of carbonyl (C=O) groups is 1. The van der Waals surface area contributed by atoms with Crippen molar-refractivity contribution in [2.75, 3.05) is 11.9 Å². The van der Waals surface area contributed by atoms with Gasteiger partial charge in [0.15, 0.2) is 0 Å². The van der Waals surface area contributed by atoms with Gasteiger partial charge < -0.3 is 15.8 Å². The molecule has 0 bridgehead atoms. The van der Waals surface area contributed by atoms with Crippen LogP contribution in [-0.4, -0.2) is 18.3 Å². The molecule has 0 aliphatic heterocycles. The maximum absolute atomic E-state index is 12.6. The van der Waals surface area contributed by atoms with Crippen LogP contribution in [0, 0.1) is 5.41 Å². The van der Waals surface area contributed by atoms with E-state index in [1.807, 2.05) is 48.5 Å². The molecular weight excluding hydrogens is 350 g/mol. The molecule has 0 fully saturated rings. The second kappa shape index (κ2) is 9.04. The molecule has 5 heteroatoms. The number of benzene rings is 3. The summed E-state index contributed by atoms with van der Waals surface area (Å²) >= 11 is 0. The molecule has 3 aromatic carbocycles. The molecule has 5 nitrogen and oxygen atoms in total. The molecule has 144 valence electrons. The van der Waals surface area contributed by atoms with Gasteiger partial charge in [-0.2, -0.15) is 0 Å². The van der Waals surface area contributed by atoms with Crippen LogP contribution in [0.15, 0.2) is 60.7 Å². The summed E-state index contributed by atoms with van der Waals surface area (Å²) in [6.07, 6.45) is 3.32. The van der Waals surface area contributed by atoms with Crippen LogP contribution in [0.25, 0.3) is 10.8 Å². The van der Waals surface area contributed by atoms with E-state index in [-0.39, 0.29) is 11.7 Å². The molecule has 0 spiro atoms. The normalized spacial score (nSPS) is 10.6. The van der Waals surface area contributed by atoms with Crippen LogP contribution < -0.4 is 15.8 Å². The van der Waals surface area contributed by atoms with E-state index < -0.39 is 0 Å². The van der Waals surface area contributed by atoms with Gasteiger partial charge in [-0.05, 0) is 47.5 Å². The zero-order valence-electron chi connectivity index (χ0n) is 16.0. The zero-order chi connectivity index (χ0) is 19.9. The Morgan fingerprint density at radius 2 is 1.71 bits per heavy atom. The quantitative estimate of drug-likeness (QED) is 0.296. The summed E-state index contributed by atoms with van der Waals surface area (Å²) in [6, 6.07) is 18.4. The van der Waals surface area contributed by atoms with E-state index in [1.165, 1.54) is 0 Å². The highest BCUT2D eigenvalue weighted by atomic mass is 16.5. The van der Waals surface area contributed by atoms with Crippen LogP contribution in [0.1, 0.15) is 42.1 Å². The van der Waals surface area contributed by atoms with Gasteiger partial charge in [-0.15, -0.1) is 0 Å². The number of fused-ring (bicyclic) bond motifs is 1. The molecule has 28 heavy (non-hydrogen) atoms. The van der Waals surface area contributed by atoms with Gasteiger partial charge >= 0.3 is 0 Å². The van der Waals surface area contributed by atoms with Gasteiger partial charge in [0.05, 0.1) is 6.61 Å². The molecule has 0 saturated carbocycles. The fourth-order valence-corrected chi connectivity index (χ4v) is 2.96. The Morgan fingerprint density at radius 3 is 2.43 bits per heavy atom. The summed E-state index contributed by atoms with van der Waals surface area (Å²) in [5.74, 6) is 0.602. The average molecular weight is 375 g/mol. The van der Waals surface area contributed by atoms with E-state index >= 15 is 0 Å². The predicted octanol–water partition coefficient (Wildman–Crippen LogP) is 4.95. The standard InChI is InChI=1S/C23H25N3O2/c1-2-3-4-12-28-21-7-5-6-20(15-21)26-23(27)19-11-9-16-13-18(22(24)25)10-8-17(16)14-19/h5-11,13-15H,2-4,12H2,1H3,(H3,24,25)(H,26,27). The summed E-state index contributed by atoms with van der Waals surface area (Å²) in [5.41, 5.74) is 7.47. The third-order valence-electron chi connectivity index (χ3n) is 4.52. The third kappa shape index (κ3) is 4.88. The van der Waals surface area contributed by atoms with E-state index in [4.69, 9.17) is 15.9 Å². The number of anilines is 1. The average Bonchev–Trinajstić information content (AvgIpc) is 2.70. The number of hydrogen-bond acceptors (Lipinski definition) is 3. The maximum Gasteiger partial charge on any atom is 0.255 e. The molecule has 0 atom stereocenters. The Balaban J connectivity index is 1.70. The fraction of sp³-hybridized carbons (Fsp3) is 0.217. The molecule has 1 amide bonds. The molecule has 0 aliphatic rings. The number of carbonyl (C=O) groups excluding carboxylic acids is 1. The molecule has 3 aromatic rings. The highest BCUT2D eigenvalue weighted by Crippen LogP contribution is 2.21. The lowest BCUT2D eigenvalue weighted by Gasteiger charge is -2.10. The minimum atomic E-state index is -0.180. The summed E-state index contributed by atoms with van der Waals surface area (Å²) < 4.78 is 5.75. The largest absolute Gasteiger partial charge is 0.494 e. The molecule has 0 aromatic heterocycles. The van der Waals surface area contributed by atoms with Crippen LogP contribution in [0.3, 0.4) is 0 Å². The van der Waals surface area contributed by atoms with E-state index in [9.17, 15) is 4.79 Å². The molecule has 0 saturated heterocycles. The topological polar surface area (TPSA) is 88.2 Å². The van der Waals surface area contributed by atoms with Gasteiger partial charge in [0.25, 0.3) is 5.91 Å². The molecule has 4 N–H and O–H groups in total. The number of hydrogen-bond donors (Lipinski definition) is 3. The van der Waals surface area contributed by atoms with Crippen molar-refractivity contribution < 1.29 is 9.53 Å². The summed E-state index contributed by atoms with van der Waals surface area (Å²) in [4.78, 5) is 12.6. The van der Waals surface area contributed by atoms with E-state index in [0.29, 0.717) is 23.4 Å². The molecule has 0 aliphatic carbocycles.